The molecule has 144 valence electrons. The van der Waals surface area contributed by atoms with E-state index in [1.165, 1.54) is 0 Å². The van der Waals surface area contributed by atoms with Gasteiger partial charge in [-0.1, -0.05) is 50.1 Å². The fraction of sp³-hybridized carbons (Fsp3) is 0.619. The summed E-state index contributed by atoms with van der Waals surface area (Å²) < 4.78 is 5.46. The van der Waals surface area contributed by atoms with Crippen LogP contribution in [0.15, 0.2) is 30.3 Å². The van der Waals surface area contributed by atoms with Crippen LogP contribution < -0.4 is 5.32 Å². The molecule has 0 spiro atoms. The quantitative estimate of drug-likeness (QED) is 0.739. The average Bonchev–Trinajstić information content (AvgIpc) is 2.63. The van der Waals surface area contributed by atoms with E-state index in [0.29, 0.717) is 6.42 Å². The fourth-order valence-corrected chi connectivity index (χ4v) is 3.53. The molecule has 1 aliphatic heterocycles. The van der Waals surface area contributed by atoms with E-state index in [-0.39, 0.29) is 30.7 Å². The Bertz CT molecular complexity index is 566. The number of carbonyl (C=O) groups is 2. The second-order valence-corrected chi connectivity index (χ2v) is 7.27. The Hall–Kier alpha value is -2.04. The van der Waals surface area contributed by atoms with Crippen molar-refractivity contribution in [2.24, 2.45) is 0 Å². The lowest BCUT2D eigenvalue weighted by Crippen LogP contribution is -2.55. The Kier molecular flexibility index (Phi) is 7.95. The first kappa shape index (κ1) is 20.3. The molecule has 2 rings (SSSR count). The van der Waals surface area contributed by atoms with Gasteiger partial charge < -0.3 is 15.0 Å². The SMILES string of the molecule is CCCC[C@H](NC(=O)N1[C@H](C)CCC[C@@H]1C)C(=O)OCc1ccccc1. The molecule has 5 heteroatoms. The third-order valence-electron chi connectivity index (χ3n) is 5.08. The predicted molar refractivity (Wildman–Crippen MR) is 103 cm³/mol. The fourth-order valence-electron chi connectivity index (χ4n) is 3.53. The first-order valence-corrected chi connectivity index (χ1v) is 9.82. The molecule has 1 heterocycles. The lowest BCUT2D eigenvalue weighted by atomic mass is 9.98. The monoisotopic (exact) mass is 360 g/mol. The van der Waals surface area contributed by atoms with Gasteiger partial charge in [-0.05, 0) is 45.1 Å². The molecule has 3 atom stereocenters. The van der Waals surface area contributed by atoms with Crippen LogP contribution in [0.3, 0.4) is 0 Å². The molecule has 1 saturated heterocycles. The Labute approximate surface area is 157 Å². The van der Waals surface area contributed by atoms with E-state index in [2.05, 4.69) is 26.1 Å². The van der Waals surface area contributed by atoms with Crippen LogP contribution in [0.4, 0.5) is 4.79 Å². The molecule has 26 heavy (non-hydrogen) atoms. The number of hydrogen-bond acceptors (Lipinski definition) is 3. The minimum absolute atomic E-state index is 0.150. The Morgan fingerprint density at radius 3 is 2.46 bits per heavy atom. The van der Waals surface area contributed by atoms with Crippen molar-refractivity contribution in [1.82, 2.24) is 10.2 Å². The third kappa shape index (κ3) is 5.75. The van der Waals surface area contributed by atoms with Crippen molar-refractivity contribution in [3.05, 3.63) is 35.9 Å². The van der Waals surface area contributed by atoms with Gasteiger partial charge in [0.25, 0.3) is 0 Å². The molecule has 0 saturated carbocycles. The lowest BCUT2D eigenvalue weighted by Gasteiger charge is -2.39. The number of benzene rings is 1. The van der Waals surface area contributed by atoms with Crippen LogP contribution in [0, 0.1) is 0 Å². The van der Waals surface area contributed by atoms with E-state index in [9.17, 15) is 9.59 Å². The summed E-state index contributed by atoms with van der Waals surface area (Å²) in [6, 6.07) is 9.26. The number of likely N-dealkylation sites (tertiary alicyclic amines) is 1. The van der Waals surface area contributed by atoms with Crippen molar-refractivity contribution >= 4 is 12.0 Å². The highest BCUT2D eigenvalue weighted by molar-refractivity contribution is 5.84. The number of nitrogens with one attached hydrogen (secondary N) is 1. The number of amides is 2. The summed E-state index contributed by atoms with van der Waals surface area (Å²) >= 11 is 0. The average molecular weight is 360 g/mol. The number of esters is 1. The van der Waals surface area contributed by atoms with Crippen LogP contribution in [-0.4, -0.2) is 35.0 Å². The molecule has 1 fully saturated rings. The van der Waals surface area contributed by atoms with E-state index in [0.717, 1.165) is 37.7 Å². The maximum absolute atomic E-state index is 12.8. The van der Waals surface area contributed by atoms with Crippen LogP contribution in [0.25, 0.3) is 0 Å². The zero-order chi connectivity index (χ0) is 18.9. The second-order valence-electron chi connectivity index (χ2n) is 7.27. The number of rotatable bonds is 7. The van der Waals surface area contributed by atoms with Gasteiger partial charge in [-0.2, -0.15) is 0 Å². The number of hydrogen-bond donors (Lipinski definition) is 1. The zero-order valence-electron chi connectivity index (χ0n) is 16.2. The molecule has 0 bridgehead atoms. The van der Waals surface area contributed by atoms with Crippen LogP contribution >= 0.6 is 0 Å². The third-order valence-corrected chi connectivity index (χ3v) is 5.08. The zero-order valence-corrected chi connectivity index (χ0v) is 16.2. The van der Waals surface area contributed by atoms with Gasteiger partial charge in [0.15, 0.2) is 0 Å². The van der Waals surface area contributed by atoms with Crippen LogP contribution in [0.2, 0.25) is 0 Å². The molecular weight excluding hydrogens is 328 g/mol. The van der Waals surface area contributed by atoms with Crippen molar-refractivity contribution in [2.75, 3.05) is 0 Å². The first-order chi connectivity index (χ1) is 12.5. The van der Waals surface area contributed by atoms with Crippen molar-refractivity contribution in [1.29, 1.82) is 0 Å². The molecule has 2 amide bonds. The van der Waals surface area contributed by atoms with Gasteiger partial charge in [0.05, 0.1) is 0 Å². The number of carbonyl (C=O) groups excluding carboxylic acids is 2. The Balaban J connectivity index is 1.96. The highest BCUT2D eigenvalue weighted by atomic mass is 16.5. The van der Waals surface area contributed by atoms with Crippen molar-refractivity contribution in [2.45, 2.75) is 84.0 Å². The number of ether oxygens (including phenoxy) is 1. The number of piperidine rings is 1. The summed E-state index contributed by atoms with van der Waals surface area (Å²) in [5.41, 5.74) is 0.944. The van der Waals surface area contributed by atoms with Crippen LogP contribution in [0.5, 0.6) is 0 Å². The summed E-state index contributed by atoms with van der Waals surface area (Å²) in [5, 5.41) is 2.93. The maximum atomic E-state index is 12.8. The highest BCUT2D eigenvalue weighted by Crippen LogP contribution is 2.22. The topological polar surface area (TPSA) is 58.6 Å². The Morgan fingerprint density at radius 1 is 1.19 bits per heavy atom. The van der Waals surface area contributed by atoms with E-state index in [4.69, 9.17) is 4.74 Å². The van der Waals surface area contributed by atoms with Crippen LogP contribution in [-0.2, 0) is 16.1 Å². The minimum Gasteiger partial charge on any atom is -0.459 e. The molecule has 0 aliphatic carbocycles. The summed E-state index contributed by atoms with van der Waals surface area (Å²) in [6.07, 6.45) is 5.61. The van der Waals surface area contributed by atoms with Gasteiger partial charge in [-0.3, -0.25) is 0 Å². The van der Waals surface area contributed by atoms with Crippen molar-refractivity contribution in [3.63, 3.8) is 0 Å². The van der Waals surface area contributed by atoms with E-state index in [1.54, 1.807) is 0 Å². The second kappa shape index (κ2) is 10.2. The van der Waals surface area contributed by atoms with E-state index < -0.39 is 6.04 Å². The molecule has 5 nitrogen and oxygen atoms in total. The highest BCUT2D eigenvalue weighted by Gasteiger charge is 2.31. The summed E-state index contributed by atoms with van der Waals surface area (Å²) in [5.74, 6) is -0.354. The van der Waals surface area contributed by atoms with Gasteiger partial charge in [0.1, 0.15) is 12.6 Å². The van der Waals surface area contributed by atoms with Gasteiger partial charge in [0, 0.05) is 12.1 Å². The smallest absolute Gasteiger partial charge is 0.329 e. The normalized spacial score (nSPS) is 21.1. The standard InChI is InChI=1S/C21H32N2O3/c1-4-5-14-19(20(24)26-15-18-12-7-6-8-13-18)22-21(25)23-16(2)10-9-11-17(23)3/h6-8,12-13,16-17,19H,4-5,9-11,14-15H2,1-3H3,(H,22,25)/t16-,17+,19-/m0/s1. The Morgan fingerprint density at radius 2 is 1.85 bits per heavy atom. The summed E-state index contributed by atoms with van der Waals surface area (Å²) in [7, 11) is 0. The minimum atomic E-state index is -0.590. The number of urea groups is 1. The summed E-state index contributed by atoms with van der Waals surface area (Å²) in [6.45, 7) is 6.45. The van der Waals surface area contributed by atoms with E-state index >= 15 is 0 Å². The van der Waals surface area contributed by atoms with Gasteiger partial charge in [0.2, 0.25) is 0 Å². The molecule has 1 N–H and O–H groups in total. The predicted octanol–water partition coefficient (Wildman–Crippen LogP) is 4.26. The van der Waals surface area contributed by atoms with E-state index in [1.807, 2.05) is 35.2 Å². The van der Waals surface area contributed by atoms with Gasteiger partial charge >= 0.3 is 12.0 Å². The van der Waals surface area contributed by atoms with Gasteiger partial charge in [-0.15, -0.1) is 0 Å². The summed E-state index contributed by atoms with van der Waals surface area (Å²) in [4.78, 5) is 27.2. The largest absolute Gasteiger partial charge is 0.459 e. The molecule has 0 unspecified atom stereocenters. The van der Waals surface area contributed by atoms with Crippen molar-refractivity contribution in [3.8, 4) is 0 Å². The molecular formula is C21H32N2O3. The number of unbranched alkanes of at least 4 members (excludes halogenated alkanes) is 1. The number of nitrogens with zero attached hydrogens (tertiary/aromatic N) is 1. The van der Waals surface area contributed by atoms with Crippen molar-refractivity contribution < 1.29 is 14.3 Å². The van der Waals surface area contributed by atoms with Crippen LogP contribution in [0.1, 0.15) is 64.9 Å². The molecule has 0 aromatic heterocycles. The molecule has 1 aromatic carbocycles. The maximum Gasteiger partial charge on any atom is 0.329 e. The van der Waals surface area contributed by atoms with Gasteiger partial charge in [-0.25, -0.2) is 9.59 Å². The molecule has 1 aliphatic rings. The molecule has 0 radical (unpaired) electrons. The first-order valence-electron chi connectivity index (χ1n) is 9.82. The molecule has 1 aromatic rings. The lowest BCUT2D eigenvalue weighted by molar-refractivity contribution is -0.147.